The van der Waals surface area contributed by atoms with Gasteiger partial charge in [0, 0.05) is 16.0 Å². The molecular weight excluding hydrogens is 336 g/mol. The second-order valence-electron chi connectivity index (χ2n) is 5.60. The number of rotatable bonds is 4. The van der Waals surface area contributed by atoms with Crippen molar-refractivity contribution in [1.29, 1.82) is 0 Å². The molecule has 0 aliphatic carbocycles. The number of fused-ring (bicyclic) bond motifs is 1. The van der Waals surface area contributed by atoms with E-state index >= 15 is 0 Å². The predicted octanol–water partition coefficient (Wildman–Crippen LogP) is 5.66. The average Bonchev–Trinajstić information content (AvgIpc) is 2.57. The normalized spacial score (nSPS) is 12.3. The van der Waals surface area contributed by atoms with E-state index in [1.165, 1.54) is 16.3 Å². The van der Waals surface area contributed by atoms with Gasteiger partial charge < -0.3 is 0 Å². The van der Waals surface area contributed by atoms with Crippen LogP contribution in [0.1, 0.15) is 22.8 Å². The molecule has 0 fully saturated rings. The maximum absolute atomic E-state index is 12.5. The summed E-state index contributed by atoms with van der Waals surface area (Å²) < 4.78 is 1.10. The molecule has 0 aliphatic heterocycles. The third-order valence-corrected chi connectivity index (χ3v) is 4.91. The Morgan fingerprint density at radius 1 is 0.955 bits per heavy atom. The van der Waals surface area contributed by atoms with Crippen LogP contribution in [-0.4, -0.2) is 5.78 Å². The minimum Gasteiger partial charge on any atom is -0.294 e. The molecule has 22 heavy (non-hydrogen) atoms. The van der Waals surface area contributed by atoms with E-state index in [0.717, 1.165) is 16.5 Å². The molecule has 0 bridgehead atoms. The number of ketones is 1. The van der Waals surface area contributed by atoms with Gasteiger partial charge in [-0.15, -0.1) is 0 Å². The van der Waals surface area contributed by atoms with Gasteiger partial charge in [0.1, 0.15) is 0 Å². The molecule has 3 aromatic carbocycles. The highest BCUT2D eigenvalue weighted by molar-refractivity contribution is 9.10. The highest BCUT2D eigenvalue weighted by atomic mass is 79.9. The lowest BCUT2D eigenvalue weighted by Gasteiger charge is -2.13. The first-order chi connectivity index (χ1) is 10.7. The molecule has 0 saturated heterocycles. The third-order valence-electron chi connectivity index (χ3n) is 3.98. The maximum atomic E-state index is 12.5. The van der Waals surface area contributed by atoms with Crippen LogP contribution < -0.4 is 0 Å². The van der Waals surface area contributed by atoms with Gasteiger partial charge in [-0.25, -0.2) is 0 Å². The first-order valence-electron chi connectivity index (χ1n) is 7.42. The number of carbonyl (C=O) groups is 1. The minimum absolute atomic E-state index is 0.0418. The van der Waals surface area contributed by atoms with E-state index in [-0.39, 0.29) is 11.7 Å². The number of hydrogen-bond acceptors (Lipinski definition) is 1. The standard InChI is InChI=1S/C20H17BrO/c1-14(20(22)16-8-3-2-4-9-16)13-17-12-11-15-7-5-6-10-18(15)19(17)21/h2-12,14H,13H2,1H3. The largest absolute Gasteiger partial charge is 0.294 e. The Morgan fingerprint density at radius 2 is 1.64 bits per heavy atom. The van der Waals surface area contributed by atoms with Gasteiger partial charge in [0.15, 0.2) is 5.78 Å². The molecule has 1 unspecified atom stereocenters. The van der Waals surface area contributed by atoms with Crippen molar-refractivity contribution >= 4 is 32.5 Å². The summed E-state index contributed by atoms with van der Waals surface area (Å²) in [6.07, 6.45) is 0.735. The van der Waals surface area contributed by atoms with Gasteiger partial charge in [-0.05, 0) is 38.7 Å². The van der Waals surface area contributed by atoms with E-state index < -0.39 is 0 Å². The van der Waals surface area contributed by atoms with E-state index in [0.29, 0.717) is 0 Å². The molecule has 0 aromatic heterocycles. The number of Topliss-reactive ketones (excluding diaryl/α,β-unsaturated/α-hetero) is 1. The molecule has 0 radical (unpaired) electrons. The molecule has 0 aliphatic rings. The molecule has 2 heteroatoms. The first-order valence-corrected chi connectivity index (χ1v) is 8.21. The lowest BCUT2D eigenvalue weighted by atomic mass is 9.92. The molecule has 0 saturated carbocycles. The van der Waals surface area contributed by atoms with Crippen molar-refractivity contribution in [2.75, 3.05) is 0 Å². The van der Waals surface area contributed by atoms with Gasteiger partial charge in [0.25, 0.3) is 0 Å². The van der Waals surface area contributed by atoms with E-state index in [2.05, 4.69) is 40.2 Å². The lowest BCUT2D eigenvalue weighted by Crippen LogP contribution is -2.14. The Hall–Kier alpha value is -1.93. The Morgan fingerprint density at radius 3 is 2.41 bits per heavy atom. The molecule has 1 nitrogen and oxygen atoms in total. The van der Waals surface area contributed by atoms with Crippen LogP contribution in [0.15, 0.2) is 71.2 Å². The van der Waals surface area contributed by atoms with Gasteiger partial charge in [0.05, 0.1) is 0 Å². The van der Waals surface area contributed by atoms with Crippen LogP contribution in [-0.2, 0) is 6.42 Å². The van der Waals surface area contributed by atoms with Crippen LogP contribution in [0.2, 0.25) is 0 Å². The van der Waals surface area contributed by atoms with Crippen LogP contribution in [0.3, 0.4) is 0 Å². The summed E-state index contributed by atoms with van der Waals surface area (Å²) in [4.78, 5) is 12.5. The number of hydrogen-bond donors (Lipinski definition) is 0. The van der Waals surface area contributed by atoms with E-state index in [1.807, 2.05) is 49.4 Å². The monoisotopic (exact) mass is 352 g/mol. The summed E-state index contributed by atoms with van der Waals surface area (Å²) in [5.41, 5.74) is 1.96. The van der Waals surface area contributed by atoms with Crippen molar-refractivity contribution in [2.24, 2.45) is 5.92 Å². The van der Waals surface area contributed by atoms with Gasteiger partial charge in [-0.1, -0.05) is 73.7 Å². The first kappa shape index (κ1) is 15.0. The molecule has 3 aromatic rings. The zero-order valence-electron chi connectivity index (χ0n) is 12.4. The van der Waals surface area contributed by atoms with Crippen LogP contribution in [0, 0.1) is 5.92 Å². The fourth-order valence-corrected chi connectivity index (χ4v) is 3.40. The van der Waals surface area contributed by atoms with E-state index in [4.69, 9.17) is 0 Å². The molecule has 3 rings (SSSR count). The number of benzene rings is 3. The Kier molecular flexibility index (Phi) is 4.39. The highest BCUT2D eigenvalue weighted by Gasteiger charge is 2.17. The summed E-state index contributed by atoms with van der Waals surface area (Å²) >= 11 is 3.70. The van der Waals surface area contributed by atoms with Crippen molar-refractivity contribution in [3.63, 3.8) is 0 Å². The van der Waals surface area contributed by atoms with Gasteiger partial charge in [0.2, 0.25) is 0 Å². The summed E-state index contributed by atoms with van der Waals surface area (Å²) in [5.74, 6) is 0.153. The molecule has 110 valence electrons. The fourth-order valence-electron chi connectivity index (χ4n) is 2.75. The van der Waals surface area contributed by atoms with Crippen molar-refractivity contribution in [2.45, 2.75) is 13.3 Å². The second kappa shape index (κ2) is 6.45. The number of carbonyl (C=O) groups excluding carboxylic acids is 1. The predicted molar refractivity (Wildman–Crippen MR) is 95.3 cm³/mol. The molecular formula is C20H17BrO. The number of halogens is 1. The van der Waals surface area contributed by atoms with Gasteiger partial charge in [-0.3, -0.25) is 4.79 Å². The van der Waals surface area contributed by atoms with E-state index in [9.17, 15) is 4.79 Å². The van der Waals surface area contributed by atoms with Crippen molar-refractivity contribution in [1.82, 2.24) is 0 Å². The van der Waals surface area contributed by atoms with Crippen molar-refractivity contribution in [3.8, 4) is 0 Å². The van der Waals surface area contributed by atoms with Crippen LogP contribution in [0.4, 0.5) is 0 Å². The zero-order valence-corrected chi connectivity index (χ0v) is 14.0. The van der Waals surface area contributed by atoms with Crippen molar-refractivity contribution in [3.05, 3.63) is 82.3 Å². The maximum Gasteiger partial charge on any atom is 0.165 e. The quantitative estimate of drug-likeness (QED) is 0.553. The lowest BCUT2D eigenvalue weighted by molar-refractivity contribution is 0.0929. The minimum atomic E-state index is -0.0418. The SMILES string of the molecule is CC(Cc1ccc2ccccc2c1Br)C(=O)c1ccccc1. The van der Waals surface area contributed by atoms with Crippen molar-refractivity contribution < 1.29 is 4.79 Å². The Balaban J connectivity index is 1.87. The van der Waals surface area contributed by atoms with Gasteiger partial charge in [-0.2, -0.15) is 0 Å². The average molecular weight is 353 g/mol. The van der Waals surface area contributed by atoms with Crippen LogP contribution >= 0.6 is 15.9 Å². The smallest absolute Gasteiger partial charge is 0.165 e. The zero-order chi connectivity index (χ0) is 15.5. The summed E-state index contributed by atoms with van der Waals surface area (Å²) in [7, 11) is 0. The van der Waals surface area contributed by atoms with Gasteiger partial charge >= 0.3 is 0 Å². The highest BCUT2D eigenvalue weighted by Crippen LogP contribution is 2.29. The Labute approximate surface area is 139 Å². The summed E-state index contributed by atoms with van der Waals surface area (Å²) in [6.45, 7) is 2.00. The Bertz CT molecular complexity index is 808. The molecule has 0 heterocycles. The summed E-state index contributed by atoms with van der Waals surface area (Å²) in [5, 5.41) is 2.40. The molecule has 0 N–H and O–H groups in total. The van der Waals surface area contributed by atoms with Crippen LogP contribution in [0.5, 0.6) is 0 Å². The topological polar surface area (TPSA) is 17.1 Å². The van der Waals surface area contributed by atoms with Crippen LogP contribution in [0.25, 0.3) is 10.8 Å². The second-order valence-corrected chi connectivity index (χ2v) is 6.39. The molecule has 1 atom stereocenters. The van der Waals surface area contributed by atoms with E-state index in [1.54, 1.807) is 0 Å². The summed E-state index contributed by atoms with van der Waals surface area (Å²) in [6, 6.07) is 22.0. The fraction of sp³-hybridized carbons (Fsp3) is 0.150. The molecule has 0 amide bonds. The molecule has 0 spiro atoms. The third kappa shape index (κ3) is 2.97.